The first-order valence-corrected chi connectivity index (χ1v) is 7.90. The highest BCUT2D eigenvalue weighted by atomic mass is 79.9. The Morgan fingerprint density at radius 2 is 1.90 bits per heavy atom. The molecule has 0 amide bonds. The zero-order valence-electron chi connectivity index (χ0n) is 11.6. The Bertz CT molecular complexity index is 554. The number of benzene rings is 1. The van der Waals surface area contributed by atoms with Crippen molar-refractivity contribution in [3.63, 3.8) is 0 Å². The van der Waals surface area contributed by atoms with Crippen LogP contribution in [0.2, 0.25) is 0 Å². The summed E-state index contributed by atoms with van der Waals surface area (Å²) in [6.07, 6.45) is 4.44. The Morgan fingerprint density at radius 1 is 1.15 bits per heavy atom. The molecule has 3 heteroatoms. The zero-order valence-corrected chi connectivity index (χ0v) is 13.2. The maximum absolute atomic E-state index is 4.33. The van der Waals surface area contributed by atoms with E-state index in [1.807, 2.05) is 13.1 Å². The van der Waals surface area contributed by atoms with Gasteiger partial charge in [-0.05, 0) is 55.0 Å². The summed E-state index contributed by atoms with van der Waals surface area (Å²) in [5.41, 5.74) is 3.80. The van der Waals surface area contributed by atoms with E-state index in [0.29, 0.717) is 6.04 Å². The van der Waals surface area contributed by atoms with E-state index in [2.05, 4.69) is 62.6 Å². The van der Waals surface area contributed by atoms with Gasteiger partial charge in [-0.1, -0.05) is 34.1 Å². The number of nitrogens with one attached hydrogen (secondary N) is 1. The highest BCUT2D eigenvalue weighted by molar-refractivity contribution is 9.10. The van der Waals surface area contributed by atoms with Crippen molar-refractivity contribution in [1.82, 2.24) is 10.3 Å². The molecule has 0 aliphatic heterocycles. The van der Waals surface area contributed by atoms with Crippen molar-refractivity contribution in [3.05, 3.63) is 63.9 Å². The number of aromatic nitrogens is 1. The van der Waals surface area contributed by atoms with Crippen LogP contribution >= 0.6 is 15.9 Å². The third-order valence-corrected chi connectivity index (χ3v) is 4.58. The molecule has 0 spiro atoms. The number of rotatable bonds is 4. The van der Waals surface area contributed by atoms with Crippen LogP contribution < -0.4 is 5.32 Å². The second kappa shape index (κ2) is 6.06. The lowest BCUT2D eigenvalue weighted by Crippen LogP contribution is -2.39. The number of nitrogens with zero attached hydrogens (tertiary/aromatic N) is 1. The summed E-state index contributed by atoms with van der Waals surface area (Å²) in [4.78, 5) is 4.33. The largest absolute Gasteiger partial charge is 0.310 e. The number of pyridine rings is 1. The van der Waals surface area contributed by atoms with E-state index >= 15 is 0 Å². The van der Waals surface area contributed by atoms with Crippen molar-refractivity contribution >= 4 is 15.9 Å². The molecule has 1 saturated carbocycles. The fourth-order valence-electron chi connectivity index (χ4n) is 2.66. The van der Waals surface area contributed by atoms with Gasteiger partial charge in [0.1, 0.15) is 0 Å². The van der Waals surface area contributed by atoms with Crippen molar-refractivity contribution < 1.29 is 0 Å². The fraction of sp³-hybridized carbons (Fsp3) is 0.353. The lowest BCUT2D eigenvalue weighted by Gasteiger charge is -2.36. The topological polar surface area (TPSA) is 24.9 Å². The first-order chi connectivity index (χ1) is 9.70. The molecule has 1 heterocycles. The van der Waals surface area contributed by atoms with Gasteiger partial charge >= 0.3 is 0 Å². The summed E-state index contributed by atoms with van der Waals surface area (Å²) in [5, 5.41) is 3.62. The van der Waals surface area contributed by atoms with Crippen LogP contribution in [0.1, 0.15) is 35.6 Å². The van der Waals surface area contributed by atoms with Gasteiger partial charge in [-0.2, -0.15) is 0 Å². The molecule has 1 fully saturated rings. The molecule has 1 aromatic heterocycles. The van der Waals surface area contributed by atoms with Crippen LogP contribution in [0.15, 0.2) is 47.1 Å². The molecule has 20 heavy (non-hydrogen) atoms. The summed E-state index contributed by atoms with van der Waals surface area (Å²) in [5.74, 6) is 0.719. The van der Waals surface area contributed by atoms with Gasteiger partial charge in [0.2, 0.25) is 0 Å². The Balaban J connectivity index is 1.46. The number of hydrogen-bond donors (Lipinski definition) is 1. The van der Waals surface area contributed by atoms with Crippen LogP contribution in [0.25, 0.3) is 0 Å². The van der Waals surface area contributed by atoms with E-state index in [-0.39, 0.29) is 0 Å². The van der Waals surface area contributed by atoms with E-state index in [0.717, 1.165) is 22.6 Å². The molecule has 2 aromatic rings. The predicted molar refractivity (Wildman–Crippen MR) is 85.7 cm³/mol. The minimum atomic E-state index is 0.643. The Labute approximate surface area is 128 Å². The molecular formula is C17H19BrN2. The van der Waals surface area contributed by atoms with Gasteiger partial charge in [-0.3, -0.25) is 4.98 Å². The van der Waals surface area contributed by atoms with Crippen LogP contribution in [0.3, 0.4) is 0 Å². The fourth-order valence-corrected chi connectivity index (χ4v) is 2.92. The van der Waals surface area contributed by atoms with Crippen LogP contribution in [0.4, 0.5) is 0 Å². The van der Waals surface area contributed by atoms with Gasteiger partial charge in [0.15, 0.2) is 0 Å². The third-order valence-electron chi connectivity index (χ3n) is 4.05. The second-order valence-corrected chi connectivity index (χ2v) is 6.52. The van der Waals surface area contributed by atoms with Gasteiger partial charge < -0.3 is 5.32 Å². The summed E-state index contributed by atoms with van der Waals surface area (Å²) < 4.78 is 1.15. The van der Waals surface area contributed by atoms with Crippen molar-refractivity contribution in [2.45, 2.75) is 38.3 Å². The minimum Gasteiger partial charge on any atom is -0.310 e. The number of halogens is 1. The second-order valence-electron chi connectivity index (χ2n) is 5.61. The molecule has 104 valence electrons. The predicted octanol–water partition coefficient (Wildman–Crippen LogP) is 4.19. The SMILES string of the molecule is Cc1ccc(CNC2CC(c3ccc(Br)cc3)C2)cn1. The van der Waals surface area contributed by atoms with Gasteiger partial charge in [0, 0.05) is 29.0 Å². The van der Waals surface area contributed by atoms with E-state index < -0.39 is 0 Å². The minimum absolute atomic E-state index is 0.643. The molecule has 1 aliphatic rings. The lowest BCUT2D eigenvalue weighted by molar-refractivity contribution is 0.289. The molecule has 1 aromatic carbocycles. The summed E-state index contributed by atoms with van der Waals surface area (Å²) in [6, 6.07) is 13.6. The van der Waals surface area contributed by atoms with Crippen LogP contribution in [0.5, 0.6) is 0 Å². The maximum atomic E-state index is 4.33. The van der Waals surface area contributed by atoms with Crippen LogP contribution in [-0.4, -0.2) is 11.0 Å². The van der Waals surface area contributed by atoms with Crippen molar-refractivity contribution in [1.29, 1.82) is 0 Å². The smallest absolute Gasteiger partial charge is 0.0372 e. The molecule has 3 rings (SSSR count). The van der Waals surface area contributed by atoms with Crippen molar-refractivity contribution in [2.75, 3.05) is 0 Å². The van der Waals surface area contributed by atoms with E-state index in [4.69, 9.17) is 0 Å². The van der Waals surface area contributed by atoms with Crippen LogP contribution in [-0.2, 0) is 6.54 Å². The summed E-state index contributed by atoms with van der Waals surface area (Å²) >= 11 is 3.48. The van der Waals surface area contributed by atoms with Gasteiger partial charge in [0.05, 0.1) is 0 Å². The van der Waals surface area contributed by atoms with Crippen LogP contribution in [0, 0.1) is 6.92 Å². The Kier molecular flexibility index (Phi) is 4.18. The van der Waals surface area contributed by atoms with E-state index in [1.54, 1.807) is 0 Å². The molecule has 0 radical (unpaired) electrons. The van der Waals surface area contributed by atoms with Crippen molar-refractivity contribution in [2.24, 2.45) is 0 Å². The summed E-state index contributed by atoms with van der Waals surface area (Å²) in [7, 11) is 0. The summed E-state index contributed by atoms with van der Waals surface area (Å²) in [6.45, 7) is 2.94. The standard InChI is InChI=1S/C17H19BrN2/c1-12-2-3-13(10-19-12)11-20-17-8-15(9-17)14-4-6-16(18)7-5-14/h2-7,10,15,17,20H,8-9,11H2,1H3. The Hall–Kier alpha value is -1.19. The number of hydrogen-bond acceptors (Lipinski definition) is 2. The lowest BCUT2D eigenvalue weighted by atomic mass is 9.76. The highest BCUT2D eigenvalue weighted by Gasteiger charge is 2.29. The zero-order chi connectivity index (χ0) is 13.9. The number of aryl methyl sites for hydroxylation is 1. The molecule has 1 N–H and O–H groups in total. The maximum Gasteiger partial charge on any atom is 0.0372 e. The van der Waals surface area contributed by atoms with Gasteiger partial charge in [-0.15, -0.1) is 0 Å². The molecule has 0 saturated heterocycles. The molecule has 0 bridgehead atoms. The average Bonchev–Trinajstić information content (AvgIpc) is 2.41. The first-order valence-electron chi connectivity index (χ1n) is 7.11. The quantitative estimate of drug-likeness (QED) is 0.909. The van der Waals surface area contributed by atoms with Gasteiger partial charge in [0.25, 0.3) is 0 Å². The molecule has 2 nitrogen and oxygen atoms in total. The molecular weight excluding hydrogens is 312 g/mol. The van der Waals surface area contributed by atoms with Crippen molar-refractivity contribution in [3.8, 4) is 0 Å². The normalized spacial score (nSPS) is 21.5. The third kappa shape index (κ3) is 3.28. The highest BCUT2D eigenvalue weighted by Crippen LogP contribution is 2.37. The van der Waals surface area contributed by atoms with Gasteiger partial charge in [-0.25, -0.2) is 0 Å². The Morgan fingerprint density at radius 3 is 2.55 bits per heavy atom. The average molecular weight is 331 g/mol. The molecule has 0 unspecified atom stereocenters. The first kappa shape index (κ1) is 13.8. The van der Waals surface area contributed by atoms with E-state index in [9.17, 15) is 0 Å². The van der Waals surface area contributed by atoms with E-state index in [1.165, 1.54) is 24.0 Å². The molecule has 1 aliphatic carbocycles. The molecule has 0 atom stereocenters. The monoisotopic (exact) mass is 330 g/mol.